The number of hydrogen-bond donors (Lipinski definition) is 0. The summed E-state index contributed by atoms with van der Waals surface area (Å²) in [4.78, 5) is 41.3. The lowest BCUT2D eigenvalue weighted by molar-refractivity contribution is -0.135. The molecule has 0 saturated carbocycles. The van der Waals surface area contributed by atoms with Crippen LogP contribution in [-0.2, 0) is 9.59 Å². The molecule has 1 amide bonds. The van der Waals surface area contributed by atoms with Gasteiger partial charge in [0.15, 0.2) is 5.78 Å². The minimum absolute atomic E-state index is 0.350. The molecule has 0 bridgehead atoms. The smallest absolute Gasteiger partial charge is 0.295 e. The van der Waals surface area contributed by atoms with Crippen molar-refractivity contribution in [3.8, 4) is 11.5 Å². The molecule has 4 rings (SSSR count). The fourth-order valence-corrected chi connectivity index (χ4v) is 4.28. The molecule has 1 saturated heterocycles. The van der Waals surface area contributed by atoms with Crippen molar-refractivity contribution in [1.29, 1.82) is 0 Å². The number of rotatable bonds is 7. The number of benzene rings is 3. The lowest BCUT2D eigenvalue weighted by Gasteiger charge is -2.27. The SMILES string of the molecule is CCOc1ccc(C(=O)C2C(=O)C(=O)N(c3ccc(OC)cc3)C2c2ccc(Br)cc2)cc1. The maximum atomic E-state index is 13.5. The molecule has 6 nitrogen and oxygen atoms in total. The van der Waals surface area contributed by atoms with Gasteiger partial charge in [0.25, 0.3) is 5.91 Å². The van der Waals surface area contributed by atoms with Gasteiger partial charge in [-0.15, -0.1) is 0 Å². The number of halogens is 1. The fourth-order valence-electron chi connectivity index (χ4n) is 4.02. The van der Waals surface area contributed by atoms with Gasteiger partial charge in [0.2, 0.25) is 5.78 Å². The number of carbonyl (C=O) groups excluding carboxylic acids is 3. The van der Waals surface area contributed by atoms with Gasteiger partial charge in [-0.3, -0.25) is 19.3 Å². The summed E-state index contributed by atoms with van der Waals surface area (Å²) in [6.45, 7) is 2.38. The van der Waals surface area contributed by atoms with Crippen LogP contribution in [0.5, 0.6) is 11.5 Å². The van der Waals surface area contributed by atoms with Gasteiger partial charge in [-0.1, -0.05) is 28.1 Å². The van der Waals surface area contributed by atoms with Crippen molar-refractivity contribution in [2.45, 2.75) is 13.0 Å². The van der Waals surface area contributed by atoms with Crippen LogP contribution in [0.25, 0.3) is 0 Å². The van der Waals surface area contributed by atoms with Gasteiger partial charge in [0.05, 0.1) is 19.8 Å². The van der Waals surface area contributed by atoms with Crippen LogP contribution >= 0.6 is 15.9 Å². The van der Waals surface area contributed by atoms with Gasteiger partial charge in [0, 0.05) is 15.7 Å². The van der Waals surface area contributed by atoms with Crippen molar-refractivity contribution < 1.29 is 23.9 Å². The third-order valence-corrected chi connectivity index (χ3v) is 6.13. The topological polar surface area (TPSA) is 72.9 Å². The van der Waals surface area contributed by atoms with Gasteiger partial charge in [-0.05, 0) is 73.2 Å². The third-order valence-electron chi connectivity index (χ3n) is 5.60. The van der Waals surface area contributed by atoms with Crippen LogP contribution in [0.1, 0.15) is 28.9 Å². The summed E-state index contributed by atoms with van der Waals surface area (Å²) in [5.74, 6) is -1.75. The molecule has 2 atom stereocenters. The Kier molecular flexibility index (Phi) is 6.60. The molecule has 0 aliphatic carbocycles. The predicted octanol–water partition coefficient (Wildman–Crippen LogP) is 5.01. The molecule has 2 unspecified atom stereocenters. The van der Waals surface area contributed by atoms with Crippen LogP contribution in [0, 0.1) is 5.92 Å². The molecule has 1 fully saturated rings. The van der Waals surface area contributed by atoms with E-state index in [0.717, 1.165) is 4.47 Å². The Hall–Kier alpha value is -3.45. The summed E-state index contributed by atoms with van der Waals surface area (Å²) in [6, 6.07) is 20.0. The van der Waals surface area contributed by atoms with Crippen molar-refractivity contribution in [3.63, 3.8) is 0 Å². The first-order valence-electron chi connectivity index (χ1n) is 10.5. The van der Waals surface area contributed by atoms with E-state index in [2.05, 4.69) is 15.9 Å². The zero-order valence-electron chi connectivity index (χ0n) is 18.2. The first-order chi connectivity index (χ1) is 15.9. The second kappa shape index (κ2) is 9.58. The summed E-state index contributed by atoms with van der Waals surface area (Å²) in [7, 11) is 1.55. The van der Waals surface area contributed by atoms with Crippen LogP contribution in [0.4, 0.5) is 5.69 Å². The molecule has 33 heavy (non-hydrogen) atoms. The number of carbonyl (C=O) groups is 3. The average Bonchev–Trinajstić information content (AvgIpc) is 3.10. The predicted molar refractivity (Wildman–Crippen MR) is 128 cm³/mol. The molecule has 1 aliphatic rings. The first kappa shape index (κ1) is 22.7. The minimum atomic E-state index is -1.17. The summed E-state index contributed by atoms with van der Waals surface area (Å²) in [5, 5.41) is 0. The summed E-state index contributed by atoms with van der Waals surface area (Å²) in [6.07, 6.45) is 0. The van der Waals surface area contributed by atoms with E-state index in [0.29, 0.717) is 34.9 Å². The summed E-state index contributed by atoms with van der Waals surface area (Å²) >= 11 is 3.41. The number of hydrogen-bond acceptors (Lipinski definition) is 5. The molecule has 3 aromatic carbocycles. The maximum Gasteiger partial charge on any atom is 0.295 e. The normalized spacial score (nSPS) is 17.8. The van der Waals surface area contributed by atoms with Crippen LogP contribution in [0.15, 0.2) is 77.3 Å². The Morgan fingerprint density at radius 2 is 1.52 bits per heavy atom. The van der Waals surface area contributed by atoms with Crippen LogP contribution in [-0.4, -0.2) is 31.2 Å². The first-order valence-corrected chi connectivity index (χ1v) is 11.3. The van der Waals surface area contributed by atoms with E-state index in [4.69, 9.17) is 9.47 Å². The minimum Gasteiger partial charge on any atom is -0.497 e. The number of ether oxygens (including phenoxy) is 2. The number of methoxy groups -OCH3 is 1. The highest BCUT2D eigenvalue weighted by Gasteiger charge is 2.52. The highest BCUT2D eigenvalue weighted by molar-refractivity contribution is 9.10. The maximum absolute atomic E-state index is 13.5. The van der Waals surface area contributed by atoms with Crippen LogP contribution < -0.4 is 14.4 Å². The quantitative estimate of drug-likeness (QED) is 0.255. The number of Topliss-reactive ketones (excluding diaryl/α,β-unsaturated/α-hetero) is 2. The van der Waals surface area contributed by atoms with Gasteiger partial charge in [-0.25, -0.2) is 0 Å². The number of anilines is 1. The molecular formula is C26H22BrNO5. The van der Waals surface area contributed by atoms with E-state index >= 15 is 0 Å². The van der Waals surface area contributed by atoms with Gasteiger partial charge < -0.3 is 9.47 Å². The van der Waals surface area contributed by atoms with E-state index < -0.39 is 29.4 Å². The largest absolute Gasteiger partial charge is 0.497 e. The Morgan fingerprint density at radius 3 is 2.09 bits per heavy atom. The van der Waals surface area contributed by atoms with Crippen LogP contribution in [0.3, 0.4) is 0 Å². The lowest BCUT2D eigenvalue weighted by Crippen LogP contribution is -2.30. The number of nitrogens with zero attached hydrogens (tertiary/aromatic N) is 1. The Labute approximate surface area is 200 Å². The van der Waals surface area contributed by atoms with Gasteiger partial charge >= 0.3 is 0 Å². The van der Waals surface area contributed by atoms with Gasteiger partial charge in [-0.2, -0.15) is 0 Å². The number of ketones is 2. The molecular weight excluding hydrogens is 486 g/mol. The molecule has 7 heteroatoms. The Morgan fingerprint density at radius 1 is 0.909 bits per heavy atom. The van der Waals surface area contributed by atoms with E-state index in [9.17, 15) is 14.4 Å². The Bertz CT molecular complexity index is 1170. The van der Waals surface area contributed by atoms with Gasteiger partial charge in [0.1, 0.15) is 17.4 Å². The molecule has 0 N–H and O–H groups in total. The van der Waals surface area contributed by atoms with E-state index in [1.807, 2.05) is 31.2 Å². The average molecular weight is 508 g/mol. The van der Waals surface area contributed by atoms with Crippen LogP contribution in [0.2, 0.25) is 0 Å². The van der Waals surface area contributed by atoms with Crippen molar-refractivity contribution >= 4 is 39.1 Å². The van der Waals surface area contributed by atoms with Crippen molar-refractivity contribution in [2.24, 2.45) is 5.92 Å². The molecule has 3 aromatic rings. The summed E-state index contributed by atoms with van der Waals surface area (Å²) < 4.78 is 11.5. The standard InChI is InChI=1S/C26H22BrNO5/c1-3-33-21-12-6-17(7-13-21)24(29)22-23(16-4-8-18(27)9-5-16)28(26(31)25(22)30)19-10-14-20(32-2)15-11-19/h4-15,22-23H,3H2,1-2H3. The lowest BCUT2D eigenvalue weighted by atomic mass is 9.86. The zero-order valence-corrected chi connectivity index (χ0v) is 19.7. The molecule has 1 heterocycles. The monoisotopic (exact) mass is 507 g/mol. The number of amides is 1. The second-order valence-corrected chi connectivity index (χ2v) is 8.45. The van der Waals surface area contributed by atoms with Crippen molar-refractivity contribution in [3.05, 3.63) is 88.4 Å². The van der Waals surface area contributed by atoms with Crippen molar-refractivity contribution in [1.82, 2.24) is 0 Å². The Balaban J connectivity index is 1.78. The molecule has 168 valence electrons. The highest BCUT2D eigenvalue weighted by atomic mass is 79.9. The van der Waals surface area contributed by atoms with Crippen molar-refractivity contribution in [2.75, 3.05) is 18.6 Å². The van der Waals surface area contributed by atoms with E-state index in [1.54, 1.807) is 55.6 Å². The van der Waals surface area contributed by atoms with E-state index in [1.165, 1.54) is 4.90 Å². The zero-order chi connectivity index (χ0) is 23.5. The highest BCUT2D eigenvalue weighted by Crippen LogP contribution is 2.42. The molecule has 0 radical (unpaired) electrons. The third kappa shape index (κ3) is 4.41. The fraction of sp³-hybridized carbons (Fsp3) is 0.192. The molecule has 0 spiro atoms. The molecule has 1 aliphatic heterocycles. The summed E-state index contributed by atoms with van der Waals surface area (Å²) in [5.41, 5.74) is 1.56. The second-order valence-electron chi connectivity index (χ2n) is 7.53. The molecule has 0 aromatic heterocycles. The van der Waals surface area contributed by atoms with E-state index in [-0.39, 0.29) is 0 Å².